The minimum absolute atomic E-state index is 0.0120. The number of ether oxygens (including phenoxy) is 3. The number of methoxy groups -OCH3 is 1. The van der Waals surface area contributed by atoms with Crippen LogP contribution in [0.15, 0.2) is 30.3 Å². The smallest absolute Gasteiger partial charge is 0.422 e. The summed E-state index contributed by atoms with van der Waals surface area (Å²) in [5.74, 6) is -1.57. The number of hydrogen-bond donors (Lipinski definition) is 1. The number of nitrogens with zero attached hydrogens (tertiary/aromatic N) is 1. The van der Waals surface area contributed by atoms with Gasteiger partial charge in [0, 0.05) is 13.1 Å². The predicted molar refractivity (Wildman–Crippen MR) is 96.0 cm³/mol. The average molecular weight is 414 g/mol. The molecule has 1 aromatic rings. The molecule has 1 aliphatic heterocycles. The number of rotatable bonds is 7. The number of carbonyl (C=O) groups is 3. The van der Waals surface area contributed by atoms with Crippen molar-refractivity contribution in [1.29, 1.82) is 0 Å². The Morgan fingerprint density at radius 3 is 2.36 bits per heavy atom. The number of piperidine rings is 1. The van der Waals surface area contributed by atoms with E-state index in [1.54, 1.807) is 29.0 Å². The normalized spacial score (nSPS) is 15.5. The van der Waals surface area contributed by atoms with Gasteiger partial charge in [0.05, 0.1) is 13.0 Å². The molecule has 1 heterocycles. The van der Waals surface area contributed by atoms with Crippen molar-refractivity contribution < 1.29 is 37.0 Å². The first-order chi connectivity index (χ1) is 13.3. The number of nitrogens with one attached hydrogen (secondary N) is 1. The van der Waals surface area contributed by atoms with Crippen molar-refractivity contribution in [2.45, 2.75) is 19.4 Å². The lowest BCUT2D eigenvalue weighted by molar-refractivity contribution is -0.148. The van der Waals surface area contributed by atoms with E-state index in [-0.39, 0.29) is 38.5 Å². The van der Waals surface area contributed by atoms with Gasteiger partial charge in [-0.3, -0.25) is 4.79 Å². The van der Waals surface area contributed by atoms with E-state index in [9.17, 15) is 22.8 Å². The first kappa shape index (κ1) is 21.6. The molecule has 0 bridgehead atoms. The number of hydrogen-bond acceptors (Lipinski definition) is 8. The molecular weight excluding hydrogens is 392 g/mol. The molecule has 1 aromatic carbocycles. The van der Waals surface area contributed by atoms with Crippen LogP contribution in [0.1, 0.15) is 18.4 Å². The number of esters is 2. The van der Waals surface area contributed by atoms with Crippen LogP contribution in [-0.2, 0) is 40.6 Å². The fraction of sp³-hybridized carbons (Fsp3) is 0.471. The molecule has 0 aliphatic carbocycles. The van der Waals surface area contributed by atoms with Gasteiger partial charge in [-0.15, -0.1) is 0 Å². The van der Waals surface area contributed by atoms with Crippen LogP contribution in [0, 0.1) is 5.92 Å². The van der Waals surface area contributed by atoms with Gasteiger partial charge < -0.3 is 14.2 Å². The van der Waals surface area contributed by atoms with Gasteiger partial charge in [0.15, 0.2) is 6.61 Å². The van der Waals surface area contributed by atoms with Crippen LogP contribution in [-0.4, -0.2) is 57.6 Å². The van der Waals surface area contributed by atoms with Crippen molar-refractivity contribution in [1.82, 2.24) is 9.03 Å². The maximum absolute atomic E-state index is 12.2. The Labute approximate surface area is 162 Å². The highest BCUT2D eigenvalue weighted by molar-refractivity contribution is 7.87. The molecule has 0 saturated carbocycles. The highest BCUT2D eigenvalue weighted by Gasteiger charge is 2.32. The van der Waals surface area contributed by atoms with Crippen LogP contribution in [0.3, 0.4) is 0 Å². The summed E-state index contributed by atoms with van der Waals surface area (Å²) >= 11 is 0. The summed E-state index contributed by atoms with van der Waals surface area (Å²) < 4.78 is 41.3. The second-order valence-electron chi connectivity index (χ2n) is 6.03. The van der Waals surface area contributed by atoms with Gasteiger partial charge in [-0.05, 0) is 18.4 Å². The van der Waals surface area contributed by atoms with Gasteiger partial charge in [0.2, 0.25) is 0 Å². The zero-order chi connectivity index (χ0) is 20.6. The largest absolute Gasteiger partial charge is 0.469 e. The highest BCUT2D eigenvalue weighted by Crippen LogP contribution is 2.20. The SMILES string of the molecule is COC(=O)C1CCN(S(=O)(=O)NC(=O)OCC(=O)OCc2ccccc2)CC1. The molecule has 2 rings (SSSR count). The van der Waals surface area contributed by atoms with E-state index in [4.69, 9.17) is 4.74 Å². The van der Waals surface area contributed by atoms with E-state index in [1.165, 1.54) is 7.11 Å². The Bertz CT molecular complexity index is 789. The summed E-state index contributed by atoms with van der Waals surface area (Å²) in [6.07, 6.45) is -0.713. The summed E-state index contributed by atoms with van der Waals surface area (Å²) in [7, 11) is -2.87. The van der Waals surface area contributed by atoms with E-state index in [1.807, 2.05) is 6.07 Å². The molecule has 0 aromatic heterocycles. The molecule has 1 N–H and O–H groups in total. The third kappa shape index (κ3) is 6.50. The van der Waals surface area contributed by atoms with E-state index in [2.05, 4.69) is 9.47 Å². The van der Waals surface area contributed by atoms with Crippen molar-refractivity contribution >= 4 is 28.2 Å². The number of amides is 1. The lowest BCUT2D eigenvalue weighted by Crippen LogP contribution is -2.48. The summed E-state index contributed by atoms with van der Waals surface area (Å²) in [6.45, 7) is -0.598. The summed E-state index contributed by atoms with van der Waals surface area (Å²) in [6, 6.07) is 8.91. The summed E-state index contributed by atoms with van der Waals surface area (Å²) in [4.78, 5) is 34.7. The van der Waals surface area contributed by atoms with Crippen LogP contribution in [0.5, 0.6) is 0 Å². The van der Waals surface area contributed by atoms with Crippen molar-refractivity contribution in [3.05, 3.63) is 35.9 Å². The molecule has 1 saturated heterocycles. The molecule has 1 amide bonds. The standard InChI is InChI=1S/C17H22N2O8S/c1-25-16(21)14-7-9-19(10-8-14)28(23,24)18-17(22)27-12-15(20)26-11-13-5-3-2-4-6-13/h2-6,14H,7-12H2,1H3,(H,18,22). The van der Waals surface area contributed by atoms with Gasteiger partial charge in [0.25, 0.3) is 0 Å². The second-order valence-corrected chi connectivity index (χ2v) is 7.70. The van der Waals surface area contributed by atoms with E-state index in [0.29, 0.717) is 0 Å². The maximum Gasteiger partial charge on any atom is 0.422 e. The van der Waals surface area contributed by atoms with Gasteiger partial charge in [-0.25, -0.2) is 14.3 Å². The maximum atomic E-state index is 12.2. The van der Waals surface area contributed by atoms with Crippen LogP contribution in [0.25, 0.3) is 0 Å². The van der Waals surface area contributed by atoms with Crippen LogP contribution >= 0.6 is 0 Å². The lowest BCUT2D eigenvalue weighted by Gasteiger charge is -2.29. The zero-order valence-corrected chi connectivity index (χ0v) is 16.1. The van der Waals surface area contributed by atoms with Crippen molar-refractivity contribution in [3.8, 4) is 0 Å². The Morgan fingerprint density at radius 1 is 1.11 bits per heavy atom. The fourth-order valence-electron chi connectivity index (χ4n) is 2.60. The van der Waals surface area contributed by atoms with E-state index < -0.39 is 34.8 Å². The molecule has 0 radical (unpaired) electrons. The van der Waals surface area contributed by atoms with Crippen LogP contribution in [0.4, 0.5) is 4.79 Å². The molecular formula is C17H22N2O8S. The van der Waals surface area contributed by atoms with Crippen LogP contribution in [0.2, 0.25) is 0 Å². The van der Waals surface area contributed by atoms with Gasteiger partial charge in [-0.1, -0.05) is 30.3 Å². The highest BCUT2D eigenvalue weighted by atomic mass is 32.2. The Balaban J connectivity index is 1.72. The summed E-state index contributed by atoms with van der Waals surface area (Å²) in [5, 5.41) is 0. The van der Waals surface area contributed by atoms with Crippen LogP contribution < -0.4 is 4.72 Å². The minimum Gasteiger partial charge on any atom is -0.469 e. The first-order valence-corrected chi connectivity index (χ1v) is 9.98. The number of benzene rings is 1. The molecule has 10 nitrogen and oxygen atoms in total. The minimum atomic E-state index is -4.14. The van der Waals surface area contributed by atoms with Crippen molar-refractivity contribution in [2.24, 2.45) is 5.92 Å². The third-order valence-corrected chi connectivity index (χ3v) is 5.57. The molecule has 0 atom stereocenters. The quantitative estimate of drug-likeness (QED) is 0.507. The monoisotopic (exact) mass is 414 g/mol. The Kier molecular flexibility index (Phi) is 7.76. The zero-order valence-electron chi connectivity index (χ0n) is 15.3. The molecule has 1 fully saturated rings. The third-order valence-electron chi connectivity index (χ3n) is 4.10. The number of carbonyl (C=O) groups excluding carboxylic acids is 3. The van der Waals surface area contributed by atoms with E-state index in [0.717, 1.165) is 9.87 Å². The topological polar surface area (TPSA) is 128 Å². The molecule has 0 spiro atoms. The first-order valence-electron chi connectivity index (χ1n) is 8.54. The lowest BCUT2D eigenvalue weighted by atomic mass is 9.99. The van der Waals surface area contributed by atoms with Crippen molar-refractivity contribution in [2.75, 3.05) is 26.8 Å². The molecule has 154 valence electrons. The van der Waals surface area contributed by atoms with Gasteiger partial charge in [-0.2, -0.15) is 12.7 Å². The van der Waals surface area contributed by atoms with E-state index >= 15 is 0 Å². The predicted octanol–water partition coefficient (Wildman–Crippen LogP) is 0.586. The average Bonchev–Trinajstić information content (AvgIpc) is 2.70. The fourth-order valence-corrected chi connectivity index (χ4v) is 3.69. The van der Waals surface area contributed by atoms with Gasteiger partial charge in [0.1, 0.15) is 6.61 Å². The molecule has 11 heteroatoms. The second kappa shape index (κ2) is 10.0. The summed E-state index contributed by atoms with van der Waals surface area (Å²) in [5.41, 5.74) is 0.762. The Morgan fingerprint density at radius 2 is 1.75 bits per heavy atom. The van der Waals surface area contributed by atoms with Crippen molar-refractivity contribution in [3.63, 3.8) is 0 Å². The Hall–Kier alpha value is -2.66. The molecule has 1 aliphatic rings. The van der Waals surface area contributed by atoms with Gasteiger partial charge >= 0.3 is 28.2 Å². The molecule has 28 heavy (non-hydrogen) atoms. The molecule has 0 unspecified atom stereocenters.